The van der Waals surface area contributed by atoms with Crippen molar-refractivity contribution in [3.05, 3.63) is 54.2 Å². The van der Waals surface area contributed by atoms with Crippen LogP contribution in [0.25, 0.3) is 0 Å². The van der Waals surface area contributed by atoms with Crippen LogP contribution in [0, 0.1) is 0 Å². The first-order valence-electron chi connectivity index (χ1n) is 7.95. The lowest BCUT2D eigenvalue weighted by Crippen LogP contribution is -2.47. The van der Waals surface area contributed by atoms with E-state index in [4.69, 9.17) is 4.74 Å². The van der Waals surface area contributed by atoms with E-state index in [1.54, 1.807) is 18.3 Å². The molecule has 3 rings (SSSR count). The van der Waals surface area contributed by atoms with Gasteiger partial charge in [-0.2, -0.15) is 0 Å². The first-order valence-corrected chi connectivity index (χ1v) is 7.95. The Labute approximate surface area is 140 Å². The number of aromatic nitrogens is 1. The molecule has 1 N–H and O–H groups in total. The van der Waals surface area contributed by atoms with Crippen LogP contribution in [-0.2, 0) is 9.59 Å². The average molecular weight is 325 g/mol. The summed E-state index contributed by atoms with van der Waals surface area (Å²) in [7, 11) is 0. The lowest BCUT2D eigenvalue weighted by molar-refractivity contribution is -0.129. The summed E-state index contributed by atoms with van der Waals surface area (Å²) in [5, 5.41) is 2.78. The Morgan fingerprint density at radius 2 is 2.04 bits per heavy atom. The molecule has 2 aromatic rings. The monoisotopic (exact) mass is 325 g/mol. The van der Waals surface area contributed by atoms with Gasteiger partial charge in [0.15, 0.2) is 11.6 Å². The molecule has 0 saturated carbocycles. The molecule has 0 aliphatic carbocycles. The van der Waals surface area contributed by atoms with Gasteiger partial charge in [-0.05, 0) is 18.6 Å². The molecule has 1 unspecified atom stereocenters. The van der Waals surface area contributed by atoms with E-state index in [0.29, 0.717) is 18.1 Å². The topological polar surface area (TPSA) is 71.5 Å². The van der Waals surface area contributed by atoms with E-state index in [0.717, 1.165) is 12.0 Å². The average Bonchev–Trinajstić information content (AvgIpc) is 2.63. The third-order valence-electron chi connectivity index (χ3n) is 3.72. The van der Waals surface area contributed by atoms with Gasteiger partial charge in [-0.1, -0.05) is 37.3 Å². The number of ether oxygens (including phenoxy) is 1. The minimum absolute atomic E-state index is 0.0739. The second-order valence-electron chi connectivity index (χ2n) is 5.51. The fourth-order valence-corrected chi connectivity index (χ4v) is 2.56. The lowest BCUT2D eigenvalue weighted by Gasteiger charge is -2.33. The number of rotatable bonds is 5. The molecule has 1 aliphatic heterocycles. The van der Waals surface area contributed by atoms with Crippen molar-refractivity contribution in [3.8, 4) is 5.75 Å². The second kappa shape index (κ2) is 7.12. The quantitative estimate of drug-likeness (QED) is 0.913. The van der Waals surface area contributed by atoms with Gasteiger partial charge >= 0.3 is 0 Å². The molecular weight excluding hydrogens is 306 g/mol. The van der Waals surface area contributed by atoms with Gasteiger partial charge in [-0.3, -0.25) is 14.5 Å². The fourth-order valence-electron chi connectivity index (χ4n) is 2.56. The highest BCUT2D eigenvalue weighted by Crippen LogP contribution is 2.36. The number of carbonyl (C=O) groups is 2. The van der Waals surface area contributed by atoms with Gasteiger partial charge in [0.2, 0.25) is 12.0 Å². The van der Waals surface area contributed by atoms with Crippen molar-refractivity contribution in [1.29, 1.82) is 0 Å². The number of carbonyl (C=O) groups excluding carboxylic acids is 2. The van der Waals surface area contributed by atoms with Crippen molar-refractivity contribution >= 4 is 17.6 Å². The number of fused-ring (bicyclic) bond motifs is 1. The van der Waals surface area contributed by atoms with Crippen molar-refractivity contribution in [2.24, 2.45) is 0 Å². The molecule has 1 aromatic carbocycles. The van der Waals surface area contributed by atoms with E-state index in [2.05, 4.69) is 10.3 Å². The molecule has 0 spiro atoms. The molecule has 6 nitrogen and oxygen atoms in total. The summed E-state index contributed by atoms with van der Waals surface area (Å²) >= 11 is 0. The standard InChI is InChI=1S/C18H19N3O3/c1-2-10-19-15(22)12-21-17-14(9-6-11-20-17)24-16(18(21)23)13-7-4-3-5-8-13/h3-9,11,16H,2,10,12H2,1H3,(H,19,22). The third kappa shape index (κ3) is 3.22. The highest BCUT2D eigenvalue weighted by molar-refractivity contribution is 6.03. The molecule has 2 heterocycles. The molecule has 0 saturated heterocycles. The molecule has 24 heavy (non-hydrogen) atoms. The molecular formula is C18H19N3O3. The number of hydrogen-bond donors (Lipinski definition) is 1. The molecule has 6 heteroatoms. The molecule has 1 aliphatic rings. The van der Waals surface area contributed by atoms with Crippen LogP contribution in [0.4, 0.5) is 5.82 Å². The fraction of sp³-hybridized carbons (Fsp3) is 0.278. The Morgan fingerprint density at radius 3 is 2.79 bits per heavy atom. The maximum absolute atomic E-state index is 12.9. The number of benzene rings is 1. The van der Waals surface area contributed by atoms with E-state index in [-0.39, 0.29) is 18.4 Å². The summed E-state index contributed by atoms with van der Waals surface area (Å²) in [6, 6.07) is 12.7. The zero-order valence-electron chi connectivity index (χ0n) is 13.4. The van der Waals surface area contributed by atoms with Crippen LogP contribution in [-0.4, -0.2) is 29.9 Å². The highest BCUT2D eigenvalue weighted by Gasteiger charge is 2.37. The number of hydrogen-bond acceptors (Lipinski definition) is 4. The number of anilines is 1. The zero-order chi connectivity index (χ0) is 16.9. The minimum Gasteiger partial charge on any atom is -0.472 e. The summed E-state index contributed by atoms with van der Waals surface area (Å²) in [5.41, 5.74) is 0.746. The van der Waals surface area contributed by atoms with Gasteiger partial charge in [0.25, 0.3) is 5.91 Å². The van der Waals surface area contributed by atoms with Gasteiger partial charge in [0.05, 0.1) is 0 Å². The van der Waals surface area contributed by atoms with Crippen molar-refractivity contribution in [1.82, 2.24) is 10.3 Å². The molecule has 1 atom stereocenters. The van der Waals surface area contributed by atoms with Crippen molar-refractivity contribution in [2.45, 2.75) is 19.4 Å². The first kappa shape index (κ1) is 16.0. The smallest absolute Gasteiger partial charge is 0.274 e. The van der Waals surface area contributed by atoms with E-state index >= 15 is 0 Å². The first-order chi connectivity index (χ1) is 11.7. The van der Waals surface area contributed by atoms with Crippen LogP contribution in [0.2, 0.25) is 0 Å². The predicted molar refractivity (Wildman–Crippen MR) is 89.7 cm³/mol. The van der Waals surface area contributed by atoms with Crippen LogP contribution >= 0.6 is 0 Å². The van der Waals surface area contributed by atoms with Gasteiger partial charge in [-0.15, -0.1) is 0 Å². The lowest BCUT2D eigenvalue weighted by atomic mass is 10.1. The molecule has 0 radical (unpaired) electrons. The summed E-state index contributed by atoms with van der Waals surface area (Å²) in [4.78, 5) is 30.6. The number of nitrogens with zero attached hydrogens (tertiary/aromatic N) is 2. The summed E-state index contributed by atoms with van der Waals surface area (Å²) < 4.78 is 5.84. The molecule has 2 amide bonds. The Bertz CT molecular complexity index is 733. The Kier molecular flexibility index (Phi) is 4.74. The van der Waals surface area contributed by atoms with Crippen LogP contribution < -0.4 is 15.0 Å². The Balaban J connectivity index is 1.90. The van der Waals surface area contributed by atoms with Gasteiger partial charge < -0.3 is 10.1 Å². The van der Waals surface area contributed by atoms with Gasteiger partial charge in [0.1, 0.15) is 6.54 Å². The molecule has 0 fully saturated rings. The summed E-state index contributed by atoms with van der Waals surface area (Å²) in [6.07, 6.45) is 1.64. The van der Waals surface area contributed by atoms with E-state index in [1.807, 2.05) is 37.3 Å². The van der Waals surface area contributed by atoms with Crippen LogP contribution in [0.3, 0.4) is 0 Å². The van der Waals surface area contributed by atoms with Crippen molar-refractivity contribution in [3.63, 3.8) is 0 Å². The number of nitrogens with one attached hydrogen (secondary N) is 1. The van der Waals surface area contributed by atoms with Crippen LogP contribution in [0.1, 0.15) is 25.0 Å². The molecule has 0 bridgehead atoms. The van der Waals surface area contributed by atoms with Gasteiger partial charge in [0, 0.05) is 18.3 Å². The molecule has 1 aromatic heterocycles. The Hall–Kier alpha value is -2.89. The SMILES string of the molecule is CCCNC(=O)CN1C(=O)C(c2ccccc2)Oc2cccnc21. The summed E-state index contributed by atoms with van der Waals surface area (Å²) in [6.45, 7) is 2.48. The number of amides is 2. The summed E-state index contributed by atoms with van der Waals surface area (Å²) in [5.74, 6) is 0.366. The van der Waals surface area contributed by atoms with Crippen molar-refractivity contribution in [2.75, 3.05) is 18.0 Å². The maximum atomic E-state index is 12.9. The second-order valence-corrected chi connectivity index (χ2v) is 5.51. The van der Waals surface area contributed by atoms with E-state index < -0.39 is 6.10 Å². The zero-order valence-corrected chi connectivity index (χ0v) is 13.4. The largest absolute Gasteiger partial charge is 0.472 e. The molecule has 124 valence electrons. The van der Waals surface area contributed by atoms with Gasteiger partial charge in [-0.25, -0.2) is 4.98 Å². The van der Waals surface area contributed by atoms with Crippen LogP contribution in [0.5, 0.6) is 5.75 Å². The van der Waals surface area contributed by atoms with Crippen molar-refractivity contribution < 1.29 is 14.3 Å². The Morgan fingerprint density at radius 1 is 1.25 bits per heavy atom. The number of pyridine rings is 1. The third-order valence-corrected chi connectivity index (χ3v) is 3.72. The maximum Gasteiger partial charge on any atom is 0.274 e. The highest BCUT2D eigenvalue weighted by atomic mass is 16.5. The van der Waals surface area contributed by atoms with Crippen LogP contribution in [0.15, 0.2) is 48.7 Å². The minimum atomic E-state index is -0.776. The predicted octanol–water partition coefficient (Wildman–Crippen LogP) is 2.07. The van der Waals surface area contributed by atoms with E-state index in [1.165, 1.54) is 4.90 Å². The van der Waals surface area contributed by atoms with E-state index in [9.17, 15) is 9.59 Å². The normalized spacial score (nSPS) is 16.3.